The molecule has 0 aromatic heterocycles. The van der Waals surface area contributed by atoms with Crippen LogP contribution >= 0.6 is 0 Å². The number of hydrogen-bond donors (Lipinski definition) is 1. The zero-order chi connectivity index (χ0) is 13.4. The molecule has 4 heteroatoms. The Balaban J connectivity index is 2.69. The van der Waals surface area contributed by atoms with E-state index in [9.17, 15) is 9.59 Å². The van der Waals surface area contributed by atoms with E-state index in [2.05, 4.69) is 12.2 Å². The third-order valence-electron chi connectivity index (χ3n) is 2.45. The lowest BCUT2D eigenvalue weighted by molar-refractivity contribution is 0.0526. The topological polar surface area (TPSA) is 55.4 Å². The van der Waals surface area contributed by atoms with Gasteiger partial charge in [-0.15, -0.1) is 0 Å². The first-order chi connectivity index (χ1) is 8.69. The smallest absolute Gasteiger partial charge is 0.338 e. The molecule has 0 aliphatic rings. The van der Waals surface area contributed by atoms with Crippen molar-refractivity contribution in [1.82, 2.24) is 5.32 Å². The van der Waals surface area contributed by atoms with Gasteiger partial charge in [-0.3, -0.25) is 4.79 Å². The molecule has 1 amide bonds. The van der Waals surface area contributed by atoms with Gasteiger partial charge in [0.25, 0.3) is 5.91 Å². The lowest BCUT2D eigenvalue weighted by Crippen LogP contribution is -2.24. The Morgan fingerprint density at radius 1 is 1.22 bits per heavy atom. The molecule has 0 heterocycles. The van der Waals surface area contributed by atoms with Gasteiger partial charge in [-0.05, 0) is 31.5 Å². The second-order valence-corrected chi connectivity index (χ2v) is 3.91. The zero-order valence-electron chi connectivity index (χ0n) is 10.9. The van der Waals surface area contributed by atoms with E-state index in [-0.39, 0.29) is 5.91 Å². The van der Waals surface area contributed by atoms with E-state index in [0.717, 1.165) is 12.8 Å². The maximum absolute atomic E-state index is 11.8. The van der Waals surface area contributed by atoms with E-state index in [1.165, 1.54) is 0 Å². The Labute approximate surface area is 107 Å². The molecule has 1 N–H and O–H groups in total. The first-order valence-corrected chi connectivity index (χ1v) is 6.24. The van der Waals surface area contributed by atoms with Gasteiger partial charge in [-0.2, -0.15) is 0 Å². The molecular formula is C14H19NO3. The van der Waals surface area contributed by atoms with Crippen molar-refractivity contribution in [1.29, 1.82) is 0 Å². The van der Waals surface area contributed by atoms with E-state index in [1.807, 2.05) is 0 Å². The Kier molecular flexibility index (Phi) is 5.91. The van der Waals surface area contributed by atoms with Crippen LogP contribution in [-0.4, -0.2) is 25.0 Å². The SMILES string of the molecule is CCCCNC(=O)c1cccc(C(=O)OCC)c1. The number of unbranched alkanes of at least 4 members (excludes halogenated alkanes) is 1. The number of hydrogen-bond acceptors (Lipinski definition) is 3. The van der Waals surface area contributed by atoms with Crippen LogP contribution in [0.5, 0.6) is 0 Å². The highest BCUT2D eigenvalue weighted by atomic mass is 16.5. The molecule has 1 aromatic carbocycles. The summed E-state index contributed by atoms with van der Waals surface area (Å²) < 4.78 is 4.89. The first-order valence-electron chi connectivity index (χ1n) is 6.24. The molecule has 4 nitrogen and oxygen atoms in total. The molecule has 1 rings (SSSR count). The van der Waals surface area contributed by atoms with Crippen molar-refractivity contribution in [3.63, 3.8) is 0 Å². The molecule has 0 saturated heterocycles. The molecule has 0 spiro atoms. The van der Waals surface area contributed by atoms with Crippen LogP contribution < -0.4 is 5.32 Å². The van der Waals surface area contributed by atoms with Gasteiger partial charge in [-0.1, -0.05) is 19.4 Å². The number of ether oxygens (including phenoxy) is 1. The van der Waals surface area contributed by atoms with Crippen molar-refractivity contribution >= 4 is 11.9 Å². The van der Waals surface area contributed by atoms with Gasteiger partial charge in [0.2, 0.25) is 0 Å². The van der Waals surface area contributed by atoms with E-state index in [0.29, 0.717) is 24.3 Å². The molecule has 0 bridgehead atoms. The fourth-order valence-corrected chi connectivity index (χ4v) is 1.48. The van der Waals surface area contributed by atoms with Crippen molar-refractivity contribution in [2.24, 2.45) is 0 Å². The highest BCUT2D eigenvalue weighted by Gasteiger charge is 2.10. The summed E-state index contributed by atoms with van der Waals surface area (Å²) in [6.07, 6.45) is 1.98. The number of carbonyl (C=O) groups excluding carboxylic acids is 2. The van der Waals surface area contributed by atoms with Crippen molar-refractivity contribution in [2.45, 2.75) is 26.7 Å². The largest absolute Gasteiger partial charge is 0.462 e. The van der Waals surface area contributed by atoms with Crippen LogP contribution in [0.15, 0.2) is 24.3 Å². The van der Waals surface area contributed by atoms with Crippen LogP contribution in [-0.2, 0) is 4.74 Å². The predicted octanol–water partition coefficient (Wildman–Crippen LogP) is 2.39. The summed E-state index contributed by atoms with van der Waals surface area (Å²) in [4.78, 5) is 23.3. The molecule has 0 radical (unpaired) electrons. The van der Waals surface area contributed by atoms with E-state index < -0.39 is 5.97 Å². The molecule has 0 unspecified atom stereocenters. The van der Waals surface area contributed by atoms with Crippen molar-refractivity contribution in [2.75, 3.05) is 13.2 Å². The van der Waals surface area contributed by atoms with Crippen LogP contribution in [0.4, 0.5) is 0 Å². The van der Waals surface area contributed by atoms with Crippen LogP contribution in [0.2, 0.25) is 0 Å². The Hall–Kier alpha value is -1.84. The summed E-state index contributed by atoms with van der Waals surface area (Å²) in [5.74, 6) is -0.560. The minimum atomic E-state index is -0.402. The Bertz CT molecular complexity index is 415. The molecule has 0 aliphatic carbocycles. The Morgan fingerprint density at radius 2 is 1.94 bits per heavy atom. The van der Waals surface area contributed by atoms with Crippen LogP contribution in [0.1, 0.15) is 47.4 Å². The third-order valence-corrected chi connectivity index (χ3v) is 2.45. The predicted molar refractivity (Wildman–Crippen MR) is 69.6 cm³/mol. The summed E-state index contributed by atoms with van der Waals surface area (Å²) in [6.45, 7) is 4.79. The monoisotopic (exact) mass is 249 g/mol. The van der Waals surface area contributed by atoms with E-state index in [1.54, 1.807) is 31.2 Å². The molecule has 0 saturated carbocycles. The second-order valence-electron chi connectivity index (χ2n) is 3.91. The molecule has 0 atom stereocenters. The summed E-state index contributed by atoms with van der Waals surface area (Å²) in [5.41, 5.74) is 0.886. The molecule has 0 fully saturated rings. The minimum absolute atomic E-state index is 0.158. The number of carbonyl (C=O) groups is 2. The van der Waals surface area contributed by atoms with Crippen LogP contribution in [0.25, 0.3) is 0 Å². The van der Waals surface area contributed by atoms with Gasteiger partial charge in [0, 0.05) is 12.1 Å². The molecule has 18 heavy (non-hydrogen) atoms. The van der Waals surface area contributed by atoms with Crippen molar-refractivity contribution in [3.8, 4) is 0 Å². The lowest BCUT2D eigenvalue weighted by atomic mass is 10.1. The van der Waals surface area contributed by atoms with Gasteiger partial charge >= 0.3 is 5.97 Å². The summed E-state index contributed by atoms with van der Waals surface area (Å²) >= 11 is 0. The average Bonchev–Trinajstić information content (AvgIpc) is 2.39. The maximum atomic E-state index is 11.8. The van der Waals surface area contributed by atoms with Crippen molar-refractivity contribution < 1.29 is 14.3 Å². The number of nitrogens with one attached hydrogen (secondary N) is 1. The normalized spacial score (nSPS) is 9.89. The minimum Gasteiger partial charge on any atom is -0.462 e. The highest BCUT2D eigenvalue weighted by molar-refractivity contribution is 5.97. The van der Waals surface area contributed by atoms with Gasteiger partial charge < -0.3 is 10.1 Å². The standard InChI is InChI=1S/C14H19NO3/c1-3-5-9-15-13(16)11-7-6-8-12(10-11)14(17)18-4-2/h6-8,10H,3-5,9H2,1-2H3,(H,15,16). The number of amides is 1. The first kappa shape index (κ1) is 14.2. The summed E-state index contributed by atoms with van der Waals surface area (Å²) in [7, 11) is 0. The quantitative estimate of drug-likeness (QED) is 0.622. The highest BCUT2D eigenvalue weighted by Crippen LogP contribution is 2.07. The number of rotatable bonds is 6. The summed E-state index contributed by atoms with van der Waals surface area (Å²) in [6, 6.07) is 6.56. The van der Waals surface area contributed by atoms with Gasteiger partial charge in [0.15, 0.2) is 0 Å². The lowest BCUT2D eigenvalue weighted by Gasteiger charge is -2.06. The number of benzene rings is 1. The van der Waals surface area contributed by atoms with Gasteiger partial charge in [0.1, 0.15) is 0 Å². The average molecular weight is 249 g/mol. The van der Waals surface area contributed by atoms with Gasteiger partial charge in [0.05, 0.1) is 12.2 Å². The zero-order valence-corrected chi connectivity index (χ0v) is 10.9. The second kappa shape index (κ2) is 7.48. The molecule has 1 aromatic rings. The van der Waals surface area contributed by atoms with Crippen molar-refractivity contribution in [3.05, 3.63) is 35.4 Å². The summed E-state index contributed by atoms with van der Waals surface area (Å²) in [5, 5.41) is 2.81. The number of esters is 1. The van der Waals surface area contributed by atoms with Gasteiger partial charge in [-0.25, -0.2) is 4.79 Å². The fourth-order valence-electron chi connectivity index (χ4n) is 1.48. The fraction of sp³-hybridized carbons (Fsp3) is 0.429. The third kappa shape index (κ3) is 4.20. The van der Waals surface area contributed by atoms with Crippen LogP contribution in [0, 0.1) is 0 Å². The Morgan fingerprint density at radius 3 is 2.61 bits per heavy atom. The maximum Gasteiger partial charge on any atom is 0.338 e. The van der Waals surface area contributed by atoms with Crippen LogP contribution in [0.3, 0.4) is 0 Å². The van der Waals surface area contributed by atoms with E-state index in [4.69, 9.17) is 4.74 Å². The molecule has 98 valence electrons. The molecule has 0 aliphatic heterocycles. The molecular weight excluding hydrogens is 230 g/mol. The van der Waals surface area contributed by atoms with E-state index >= 15 is 0 Å².